The van der Waals surface area contributed by atoms with Crippen LogP contribution in [0.25, 0.3) is 11.0 Å². The molecular formula is C17H18N2O2. The highest BCUT2D eigenvalue weighted by molar-refractivity contribution is 5.76. The summed E-state index contributed by atoms with van der Waals surface area (Å²) in [4.78, 5) is 4.70. The van der Waals surface area contributed by atoms with Gasteiger partial charge in [-0.1, -0.05) is 30.3 Å². The maximum atomic E-state index is 9.95. The quantitative estimate of drug-likeness (QED) is 0.782. The van der Waals surface area contributed by atoms with Gasteiger partial charge in [0.2, 0.25) is 0 Å². The first-order valence-corrected chi connectivity index (χ1v) is 6.99. The number of aromatic hydroxyl groups is 1. The molecule has 0 unspecified atom stereocenters. The second-order valence-corrected chi connectivity index (χ2v) is 4.97. The number of ether oxygens (including phenoxy) is 1. The molecule has 0 fully saturated rings. The van der Waals surface area contributed by atoms with Crippen molar-refractivity contribution in [3.8, 4) is 5.75 Å². The third-order valence-electron chi connectivity index (χ3n) is 3.59. The van der Waals surface area contributed by atoms with Gasteiger partial charge in [-0.25, -0.2) is 4.98 Å². The molecular weight excluding hydrogens is 264 g/mol. The molecule has 108 valence electrons. The van der Waals surface area contributed by atoms with Gasteiger partial charge < -0.3 is 14.4 Å². The molecule has 4 heteroatoms. The summed E-state index contributed by atoms with van der Waals surface area (Å²) in [5.41, 5.74) is 2.95. The Labute approximate surface area is 123 Å². The van der Waals surface area contributed by atoms with Gasteiger partial charge in [0.15, 0.2) is 0 Å². The fourth-order valence-electron chi connectivity index (χ4n) is 2.52. The third kappa shape index (κ3) is 2.76. The molecule has 1 aromatic heterocycles. The average molecular weight is 282 g/mol. The molecule has 0 spiro atoms. The molecule has 1 N–H and O–H groups in total. The van der Waals surface area contributed by atoms with E-state index in [4.69, 9.17) is 9.72 Å². The van der Waals surface area contributed by atoms with Crippen LogP contribution in [0, 0.1) is 0 Å². The van der Waals surface area contributed by atoms with Crippen molar-refractivity contribution >= 4 is 11.0 Å². The zero-order valence-electron chi connectivity index (χ0n) is 12.0. The molecule has 0 atom stereocenters. The van der Waals surface area contributed by atoms with Gasteiger partial charge in [-0.05, 0) is 18.2 Å². The van der Waals surface area contributed by atoms with E-state index in [1.165, 1.54) is 0 Å². The summed E-state index contributed by atoms with van der Waals surface area (Å²) < 4.78 is 7.35. The lowest BCUT2D eigenvalue weighted by Crippen LogP contribution is -2.09. The minimum Gasteiger partial charge on any atom is -0.508 e. The molecule has 3 aromatic rings. The molecule has 1 heterocycles. The maximum Gasteiger partial charge on any atom is 0.119 e. The Morgan fingerprint density at radius 2 is 1.86 bits per heavy atom. The molecule has 0 aliphatic carbocycles. The van der Waals surface area contributed by atoms with Crippen molar-refractivity contribution in [1.29, 1.82) is 0 Å². The monoisotopic (exact) mass is 282 g/mol. The average Bonchev–Trinajstić information content (AvgIpc) is 2.85. The molecule has 0 amide bonds. The summed E-state index contributed by atoms with van der Waals surface area (Å²) in [5, 5.41) is 9.95. The topological polar surface area (TPSA) is 47.3 Å². The maximum absolute atomic E-state index is 9.95. The fourth-order valence-corrected chi connectivity index (χ4v) is 2.52. The van der Waals surface area contributed by atoms with Crippen molar-refractivity contribution in [3.05, 3.63) is 59.9 Å². The zero-order chi connectivity index (χ0) is 14.7. The Balaban J connectivity index is 2.02. The van der Waals surface area contributed by atoms with Gasteiger partial charge >= 0.3 is 0 Å². The number of phenolic OH excluding ortho intramolecular Hbond substituents is 1. The number of hydrogen-bond donors (Lipinski definition) is 1. The van der Waals surface area contributed by atoms with Gasteiger partial charge in [0, 0.05) is 25.6 Å². The van der Waals surface area contributed by atoms with Crippen LogP contribution in [-0.4, -0.2) is 28.4 Å². The van der Waals surface area contributed by atoms with Crippen LogP contribution in [0.3, 0.4) is 0 Å². The third-order valence-corrected chi connectivity index (χ3v) is 3.59. The normalized spacial score (nSPS) is 11.1. The first-order valence-electron chi connectivity index (χ1n) is 6.99. The lowest BCUT2D eigenvalue weighted by atomic mass is 10.1. The Kier molecular flexibility index (Phi) is 3.88. The van der Waals surface area contributed by atoms with E-state index in [2.05, 4.69) is 10.6 Å². The van der Waals surface area contributed by atoms with E-state index in [1.54, 1.807) is 13.2 Å². The number of para-hydroxylation sites is 3. The highest BCUT2D eigenvalue weighted by atomic mass is 16.5. The van der Waals surface area contributed by atoms with Crippen LogP contribution in [0.15, 0.2) is 48.5 Å². The Morgan fingerprint density at radius 1 is 1.10 bits per heavy atom. The van der Waals surface area contributed by atoms with Crippen LogP contribution in [0.5, 0.6) is 5.75 Å². The molecule has 0 aliphatic rings. The van der Waals surface area contributed by atoms with Crippen molar-refractivity contribution in [2.24, 2.45) is 0 Å². The minimum atomic E-state index is 0.308. The second-order valence-electron chi connectivity index (χ2n) is 4.97. The number of nitrogens with zero attached hydrogens (tertiary/aromatic N) is 2. The van der Waals surface area contributed by atoms with Gasteiger partial charge in [-0.3, -0.25) is 0 Å². The van der Waals surface area contributed by atoms with E-state index in [-0.39, 0.29) is 0 Å². The molecule has 0 aliphatic heterocycles. The number of rotatable bonds is 5. The van der Waals surface area contributed by atoms with E-state index >= 15 is 0 Å². The van der Waals surface area contributed by atoms with Gasteiger partial charge in [-0.15, -0.1) is 0 Å². The van der Waals surface area contributed by atoms with E-state index in [1.807, 2.05) is 36.4 Å². The van der Waals surface area contributed by atoms with Crippen molar-refractivity contribution in [1.82, 2.24) is 9.55 Å². The summed E-state index contributed by atoms with van der Waals surface area (Å²) in [6.07, 6.45) is 0.602. The SMILES string of the molecule is COCCn1c(Cc2ccccc2O)nc2ccccc21. The summed E-state index contributed by atoms with van der Waals surface area (Å²) in [6.45, 7) is 1.38. The summed E-state index contributed by atoms with van der Waals surface area (Å²) >= 11 is 0. The largest absolute Gasteiger partial charge is 0.508 e. The highest BCUT2D eigenvalue weighted by Gasteiger charge is 2.12. The Bertz CT molecular complexity index is 749. The molecule has 0 bridgehead atoms. The number of aromatic nitrogens is 2. The number of fused-ring (bicyclic) bond motifs is 1. The number of imidazole rings is 1. The van der Waals surface area contributed by atoms with Crippen LogP contribution >= 0.6 is 0 Å². The molecule has 2 aromatic carbocycles. The van der Waals surface area contributed by atoms with Gasteiger partial charge in [0.1, 0.15) is 11.6 Å². The lowest BCUT2D eigenvalue weighted by molar-refractivity contribution is 0.187. The molecule has 3 rings (SSSR count). The summed E-state index contributed by atoms with van der Waals surface area (Å²) in [5.74, 6) is 1.25. The van der Waals surface area contributed by atoms with Crippen LogP contribution in [0.1, 0.15) is 11.4 Å². The number of hydrogen-bond acceptors (Lipinski definition) is 3. The number of benzene rings is 2. The lowest BCUT2D eigenvalue weighted by Gasteiger charge is -2.09. The minimum absolute atomic E-state index is 0.308. The smallest absolute Gasteiger partial charge is 0.119 e. The van der Waals surface area contributed by atoms with Crippen molar-refractivity contribution in [3.63, 3.8) is 0 Å². The van der Waals surface area contributed by atoms with E-state index in [0.29, 0.717) is 18.8 Å². The Morgan fingerprint density at radius 3 is 2.67 bits per heavy atom. The van der Waals surface area contributed by atoms with Crippen molar-refractivity contribution in [2.45, 2.75) is 13.0 Å². The van der Waals surface area contributed by atoms with Gasteiger partial charge in [0.05, 0.1) is 17.6 Å². The van der Waals surface area contributed by atoms with Gasteiger partial charge in [0.25, 0.3) is 0 Å². The fraction of sp³-hybridized carbons (Fsp3) is 0.235. The molecule has 0 saturated heterocycles. The van der Waals surface area contributed by atoms with Crippen LogP contribution in [0.4, 0.5) is 0 Å². The number of methoxy groups -OCH3 is 1. The summed E-state index contributed by atoms with van der Waals surface area (Å²) in [6, 6.07) is 15.5. The zero-order valence-corrected chi connectivity index (χ0v) is 12.0. The number of phenols is 1. The highest BCUT2D eigenvalue weighted by Crippen LogP contribution is 2.22. The second kappa shape index (κ2) is 5.97. The van der Waals surface area contributed by atoms with Crippen LogP contribution in [0.2, 0.25) is 0 Å². The molecule has 4 nitrogen and oxygen atoms in total. The predicted octanol–water partition coefficient (Wildman–Crippen LogP) is 2.98. The van der Waals surface area contributed by atoms with E-state index < -0.39 is 0 Å². The first kappa shape index (κ1) is 13.6. The van der Waals surface area contributed by atoms with Crippen molar-refractivity contribution in [2.75, 3.05) is 13.7 Å². The standard InChI is InChI=1S/C17H18N2O2/c1-21-11-10-19-15-8-4-3-7-14(15)18-17(19)12-13-6-2-5-9-16(13)20/h2-9,20H,10-12H2,1H3. The van der Waals surface area contributed by atoms with Gasteiger partial charge in [-0.2, -0.15) is 0 Å². The first-order chi connectivity index (χ1) is 10.3. The van der Waals surface area contributed by atoms with Crippen LogP contribution in [-0.2, 0) is 17.7 Å². The molecule has 21 heavy (non-hydrogen) atoms. The Hall–Kier alpha value is -2.33. The van der Waals surface area contributed by atoms with E-state index in [0.717, 1.165) is 29.0 Å². The molecule has 0 radical (unpaired) electrons. The van der Waals surface area contributed by atoms with Crippen LogP contribution < -0.4 is 0 Å². The summed E-state index contributed by atoms with van der Waals surface area (Å²) in [7, 11) is 1.70. The predicted molar refractivity (Wildman–Crippen MR) is 82.5 cm³/mol. The molecule has 0 saturated carbocycles. The van der Waals surface area contributed by atoms with E-state index in [9.17, 15) is 5.11 Å². The van der Waals surface area contributed by atoms with Crippen molar-refractivity contribution < 1.29 is 9.84 Å².